The zero-order valence-corrected chi connectivity index (χ0v) is 14.9. The maximum Gasteiger partial charge on any atom is 0.324 e. The van der Waals surface area contributed by atoms with Crippen LogP contribution in [0.5, 0.6) is 0 Å². The molecule has 27 heavy (non-hydrogen) atoms. The van der Waals surface area contributed by atoms with E-state index in [4.69, 9.17) is 4.74 Å². The number of ether oxygens (including phenoxy) is 1. The van der Waals surface area contributed by atoms with Crippen LogP contribution in [0.2, 0.25) is 0 Å². The zero-order valence-electron chi connectivity index (χ0n) is 14.9. The van der Waals surface area contributed by atoms with Crippen LogP contribution in [0.4, 0.5) is 5.69 Å². The molecule has 2 saturated heterocycles. The van der Waals surface area contributed by atoms with Gasteiger partial charge in [-0.3, -0.25) is 19.7 Å². The van der Waals surface area contributed by atoms with Gasteiger partial charge in [0.25, 0.3) is 0 Å². The molecule has 6 nitrogen and oxygen atoms in total. The Morgan fingerprint density at radius 1 is 0.963 bits per heavy atom. The molecule has 0 aliphatic carbocycles. The Balaban J connectivity index is 1.76. The molecule has 4 rings (SSSR count). The van der Waals surface area contributed by atoms with Gasteiger partial charge in [-0.15, -0.1) is 0 Å². The fraction of sp³-hybridized carbons (Fsp3) is 0.286. The number of nitrogens with zero attached hydrogens (tertiary/aromatic N) is 1. The van der Waals surface area contributed by atoms with Crippen LogP contribution in [0.25, 0.3) is 0 Å². The molecular formula is C21H20N2O4. The van der Waals surface area contributed by atoms with Crippen LogP contribution >= 0.6 is 0 Å². The van der Waals surface area contributed by atoms with Crippen molar-refractivity contribution >= 4 is 23.5 Å². The van der Waals surface area contributed by atoms with E-state index in [1.807, 2.05) is 36.4 Å². The van der Waals surface area contributed by atoms with Crippen LogP contribution < -0.4 is 10.2 Å². The van der Waals surface area contributed by atoms with Crippen molar-refractivity contribution in [2.24, 2.45) is 11.8 Å². The van der Waals surface area contributed by atoms with Crippen molar-refractivity contribution in [3.63, 3.8) is 0 Å². The normalized spacial score (nSPS) is 26.9. The van der Waals surface area contributed by atoms with E-state index in [2.05, 4.69) is 5.32 Å². The van der Waals surface area contributed by atoms with Crippen LogP contribution in [0, 0.1) is 11.8 Å². The second-order valence-corrected chi connectivity index (χ2v) is 6.68. The molecule has 138 valence electrons. The molecule has 0 aromatic heterocycles. The number of rotatable bonds is 4. The van der Waals surface area contributed by atoms with Crippen molar-refractivity contribution in [2.45, 2.75) is 19.0 Å². The van der Waals surface area contributed by atoms with E-state index in [0.717, 1.165) is 5.56 Å². The Bertz CT molecular complexity index is 868. The molecule has 2 amide bonds. The lowest BCUT2D eigenvalue weighted by molar-refractivity contribution is -0.148. The molecular weight excluding hydrogens is 344 g/mol. The number of benzene rings is 2. The van der Waals surface area contributed by atoms with E-state index < -0.39 is 29.9 Å². The lowest BCUT2D eigenvalue weighted by atomic mass is 9.86. The predicted octanol–water partition coefficient (Wildman–Crippen LogP) is 2.07. The summed E-state index contributed by atoms with van der Waals surface area (Å²) in [5.74, 6) is -2.57. The maximum atomic E-state index is 13.2. The Labute approximate surface area is 157 Å². The van der Waals surface area contributed by atoms with E-state index in [1.54, 1.807) is 31.2 Å². The summed E-state index contributed by atoms with van der Waals surface area (Å²) in [6, 6.07) is 17.0. The molecule has 2 aliphatic heterocycles. The number of amides is 2. The lowest BCUT2D eigenvalue weighted by Gasteiger charge is -2.22. The van der Waals surface area contributed by atoms with Gasteiger partial charge in [-0.05, 0) is 24.6 Å². The van der Waals surface area contributed by atoms with Gasteiger partial charge in [0, 0.05) is 6.04 Å². The lowest BCUT2D eigenvalue weighted by Crippen LogP contribution is -2.44. The zero-order chi connectivity index (χ0) is 19.0. The molecule has 0 unspecified atom stereocenters. The molecule has 0 spiro atoms. The molecule has 6 heteroatoms. The first kappa shape index (κ1) is 17.4. The maximum absolute atomic E-state index is 13.2. The molecule has 2 fully saturated rings. The van der Waals surface area contributed by atoms with E-state index in [9.17, 15) is 14.4 Å². The third-order valence-electron chi connectivity index (χ3n) is 5.19. The fourth-order valence-corrected chi connectivity index (χ4v) is 4.06. The van der Waals surface area contributed by atoms with Crippen LogP contribution in [0.3, 0.4) is 0 Å². The second-order valence-electron chi connectivity index (χ2n) is 6.68. The molecule has 2 aliphatic rings. The molecule has 2 heterocycles. The Hall–Kier alpha value is -2.99. The summed E-state index contributed by atoms with van der Waals surface area (Å²) in [4.78, 5) is 40.1. The molecule has 2 aromatic carbocycles. The summed E-state index contributed by atoms with van der Waals surface area (Å²) in [6.45, 7) is 1.94. The van der Waals surface area contributed by atoms with Crippen molar-refractivity contribution in [1.29, 1.82) is 0 Å². The van der Waals surface area contributed by atoms with E-state index in [-0.39, 0.29) is 18.4 Å². The summed E-state index contributed by atoms with van der Waals surface area (Å²) in [6.07, 6.45) is 0. The summed E-state index contributed by atoms with van der Waals surface area (Å²) < 4.78 is 5.16. The minimum Gasteiger partial charge on any atom is -0.465 e. The van der Waals surface area contributed by atoms with Crippen molar-refractivity contribution in [3.8, 4) is 0 Å². The van der Waals surface area contributed by atoms with Gasteiger partial charge < -0.3 is 4.74 Å². The number of hydrogen-bond acceptors (Lipinski definition) is 5. The topological polar surface area (TPSA) is 75.7 Å². The predicted molar refractivity (Wildman–Crippen MR) is 98.7 cm³/mol. The van der Waals surface area contributed by atoms with Gasteiger partial charge in [-0.25, -0.2) is 4.90 Å². The van der Waals surface area contributed by atoms with E-state index in [1.165, 1.54) is 4.90 Å². The van der Waals surface area contributed by atoms with Crippen LogP contribution in [0.1, 0.15) is 18.5 Å². The number of nitrogens with one attached hydrogen (secondary N) is 1. The average molecular weight is 364 g/mol. The van der Waals surface area contributed by atoms with Gasteiger partial charge >= 0.3 is 5.97 Å². The SMILES string of the molecule is CCOC(=O)[C@H]1N[C@@H](c2ccccc2)[C@H]2C(=O)N(c3ccccc3)C(=O)[C@H]21. The second kappa shape index (κ2) is 6.96. The van der Waals surface area contributed by atoms with Gasteiger partial charge in [0.15, 0.2) is 0 Å². The summed E-state index contributed by atoms with van der Waals surface area (Å²) in [5.41, 5.74) is 1.40. The number of anilines is 1. The molecule has 0 saturated carbocycles. The highest BCUT2D eigenvalue weighted by atomic mass is 16.5. The van der Waals surface area contributed by atoms with Crippen molar-refractivity contribution in [1.82, 2.24) is 5.32 Å². The molecule has 0 bridgehead atoms. The highest BCUT2D eigenvalue weighted by Crippen LogP contribution is 2.45. The van der Waals surface area contributed by atoms with Crippen LogP contribution in [-0.4, -0.2) is 30.4 Å². The number of carbonyl (C=O) groups is 3. The standard InChI is InChI=1S/C21H20N2O4/c1-2-27-21(26)18-16-15(17(22-18)13-9-5-3-6-10-13)19(24)23(20(16)25)14-11-7-4-8-12-14/h3-12,15-18,22H,2H2,1H3/t15-,16+,17-,18-/m0/s1. The smallest absolute Gasteiger partial charge is 0.324 e. The minimum absolute atomic E-state index is 0.217. The highest BCUT2D eigenvalue weighted by molar-refractivity contribution is 6.23. The van der Waals surface area contributed by atoms with Crippen molar-refractivity contribution < 1.29 is 19.1 Å². The molecule has 0 radical (unpaired) electrons. The molecule has 4 atom stereocenters. The van der Waals surface area contributed by atoms with Crippen molar-refractivity contribution in [3.05, 3.63) is 66.2 Å². The minimum atomic E-state index is -0.842. The largest absolute Gasteiger partial charge is 0.465 e. The Morgan fingerprint density at radius 2 is 1.56 bits per heavy atom. The number of carbonyl (C=O) groups excluding carboxylic acids is 3. The van der Waals surface area contributed by atoms with Gasteiger partial charge in [0.2, 0.25) is 11.8 Å². The van der Waals surface area contributed by atoms with Crippen LogP contribution in [0.15, 0.2) is 60.7 Å². The first-order valence-corrected chi connectivity index (χ1v) is 9.04. The summed E-state index contributed by atoms with van der Waals surface area (Å²) in [5, 5.41) is 3.18. The molecule has 2 aromatic rings. The number of esters is 1. The van der Waals surface area contributed by atoms with Gasteiger partial charge in [-0.2, -0.15) is 0 Å². The Kier molecular flexibility index (Phi) is 4.49. The third-order valence-corrected chi connectivity index (χ3v) is 5.19. The van der Waals surface area contributed by atoms with Crippen LogP contribution in [-0.2, 0) is 19.1 Å². The third kappa shape index (κ3) is 2.82. The number of imide groups is 1. The molecule has 1 N–H and O–H groups in total. The monoisotopic (exact) mass is 364 g/mol. The Morgan fingerprint density at radius 3 is 2.19 bits per heavy atom. The number of hydrogen-bond donors (Lipinski definition) is 1. The van der Waals surface area contributed by atoms with E-state index >= 15 is 0 Å². The van der Waals surface area contributed by atoms with E-state index in [0.29, 0.717) is 5.69 Å². The number of fused-ring (bicyclic) bond motifs is 1. The van der Waals surface area contributed by atoms with Gasteiger partial charge in [0.05, 0.1) is 24.1 Å². The van der Waals surface area contributed by atoms with Gasteiger partial charge in [0.1, 0.15) is 6.04 Å². The fourth-order valence-electron chi connectivity index (χ4n) is 4.06. The number of para-hydroxylation sites is 1. The summed E-state index contributed by atoms with van der Waals surface area (Å²) in [7, 11) is 0. The van der Waals surface area contributed by atoms with Crippen molar-refractivity contribution in [2.75, 3.05) is 11.5 Å². The quantitative estimate of drug-likeness (QED) is 0.664. The van der Waals surface area contributed by atoms with Gasteiger partial charge in [-0.1, -0.05) is 48.5 Å². The highest BCUT2D eigenvalue weighted by Gasteiger charge is 2.61. The average Bonchev–Trinajstić information content (AvgIpc) is 3.21. The first-order chi connectivity index (χ1) is 13.1. The first-order valence-electron chi connectivity index (χ1n) is 9.04. The summed E-state index contributed by atoms with van der Waals surface area (Å²) >= 11 is 0.